The van der Waals surface area contributed by atoms with Crippen LogP contribution in [0.4, 0.5) is 5.69 Å². The second-order valence-corrected chi connectivity index (χ2v) is 7.54. The number of ether oxygens (including phenoxy) is 1. The number of para-hydroxylation sites is 1. The van der Waals surface area contributed by atoms with Crippen LogP contribution in [0.25, 0.3) is 0 Å². The molecule has 1 saturated heterocycles. The van der Waals surface area contributed by atoms with Crippen molar-refractivity contribution in [1.82, 2.24) is 4.90 Å². The molecule has 28 heavy (non-hydrogen) atoms. The summed E-state index contributed by atoms with van der Waals surface area (Å²) < 4.78 is 5.11. The third-order valence-electron chi connectivity index (χ3n) is 5.19. The number of hydrogen-bond donors (Lipinski definition) is 2. The molecule has 7 nitrogen and oxygen atoms in total. The van der Waals surface area contributed by atoms with Crippen molar-refractivity contribution >= 4 is 23.5 Å². The summed E-state index contributed by atoms with van der Waals surface area (Å²) in [5.74, 6) is -0.634. The van der Waals surface area contributed by atoms with Gasteiger partial charge in [0, 0.05) is 12.7 Å². The van der Waals surface area contributed by atoms with E-state index in [0.29, 0.717) is 13.2 Å². The molecule has 1 unspecified atom stereocenters. The molecule has 1 aromatic rings. The first-order valence-electron chi connectivity index (χ1n) is 9.92. The van der Waals surface area contributed by atoms with E-state index in [1.807, 2.05) is 32.0 Å². The molecule has 0 radical (unpaired) electrons. The minimum Gasteiger partial charge on any atom is -0.466 e. The zero-order valence-corrected chi connectivity index (χ0v) is 17.3. The molecule has 2 atom stereocenters. The number of amides is 2. The summed E-state index contributed by atoms with van der Waals surface area (Å²) in [5, 5.41) is 2.90. The van der Waals surface area contributed by atoms with Gasteiger partial charge in [-0.25, -0.2) is 0 Å². The van der Waals surface area contributed by atoms with Crippen molar-refractivity contribution in [2.75, 3.05) is 45.2 Å². The standard InChI is InChI=1S/C21H31N3O4/c1-5-28-21(27)17-10-7-11-24(12-17)14-19(26)23(4)13-18(25)22-20-15(2)8-6-9-16(20)3/h6,8-9,17H,5,7,10-14H2,1-4H3,(H,22,25)/p+1/t17-/m0/s1. The third-order valence-corrected chi connectivity index (χ3v) is 5.19. The van der Waals surface area contributed by atoms with Gasteiger partial charge in [-0.2, -0.15) is 0 Å². The average molecular weight is 391 g/mol. The highest BCUT2D eigenvalue weighted by atomic mass is 16.5. The number of anilines is 1. The molecule has 2 amide bonds. The molecule has 0 saturated carbocycles. The van der Waals surface area contributed by atoms with Gasteiger partial charge in [0.2, 0.25) is 5.91 Å². The topological polar surface area (TPSA) is 80.2 Å². The lowest BCUT2D eigenvalue weighted by molar-refractivity contribution is -0.899. The molecule has 0 bridgehead atoms. The summed E-state index contributed by atoms with van der Waals surface area (Å²) in [6.07, 6.45) is 1.70. The van der Waals surface area contributed by atoms with Gasteiger partial charge >= 0.3 is 5.97 Å². The summed E-state index contributed by atoms with van der Waals surface area (Å²) in [7, 11) is 1.64. The monoisotopic (exact) mass is 390 g/mol. The predicted molar refractivity (Wildman–Crippen MR) is 107 cm³/mol. The van der Waals surface area contributed by atoms with Crippen LogP contribution >= 0.6 is 0 Å². The molecule has 0 aliphatic carbocycles. The number of hydrogen-bond acceptors (Lipinski definition) is 4. The fraction of sp³-hybridized carbons (Fsp3) is 0.571. The van der Waals surface area contributed by atoms with Gasteiger partial charge in [0.25, 0.3) is 5.91 Å². The highest BCUT2D eigenvalue weighted by Gasteiger charge is 2.31. The highest BCUT2D eigenvalue weighted by Crippen LogP contribution is 2.19. The second-order valence-electron chi connectivity index (χ2n) is 7.54. The first kappa shape index (κ1) is 21.9. The number of quaternary nitrogens is 1. The van der Waals surface area contributed by atoms with E-state index in [0.717, 1.165) is 41.1 Å². The predicted octanol–water partition coefficient (Wildman–Crippen LogP) is 0.558. The quantitative estimate of drug-likeness (QED) is 0.667. The number of nitrogens with zero attached hydrogens (tertiary/aromatic N) is 1. The van der Waals surface area contributed by atoms with Crippen LogP contribution < -0.4 is 10.2 Å². The Balaban J connectivity index is 1.85. The van der Waals surface area contributed by atoms with E-state index in [-0.39, 0.29) is 36.8 Å². The first-order valence-corrected chi connectivity index (χ1v) is 9.92. The number of rotatable bonds is 7. The Kier molecular flexibility index (Phi) is 7.99. The molecule has 1 fully saturated rings. The number of carbonyl (C=O) groups is 3. The van der Waals surface area contributed by atoms with E-state index in [9.17, 15) is 14.4 Å². The number of nitrogens with one attached hydrogen (secondary N) is 2. The van der Waals surface area contributed by atoms with Crippen LogP contribution in [0.1, 0.15) is 30.9 Å². The lowest BCUT2D eigenvalue weighted by Crippen LogP contribution is -3.14. The zero-order valence-electron chi connectivity index (χ0n) is 17.3. The van der Waals surface area contributed by atoms with E-state index < -0.39 is 0 Å². The largest absolute Gasteiger partial charge is 0.466 e. The Morgan fingerprint density at radius 3 is 2.57 bits per heavy atom. The lowest BCUT2D eigenvalue weighted by atomic mass is 9.98. The van der Waals surface area contributed by atoms with Crippen molar-refractivity contribution in [2.45, 2.75) is 33.6 Å². The van der Waals surface area contributed by atoms with Crippen LogP contribution in [0.2, 0.25) is 0 Å². The number of benzene rings is 1. The van der Waals surface area contributed by atoms with E-state index in [1.165, 1.54) is 4.90 Å². The molecule has 0 spiro atoms. The smallest absolute Gasteiger partial charge is 0.314 e. The van der Waals surface area contributed by atoms with Crippen LogP contribution in [-0.4, -0.2) is 62.5 Å². The Hall–Kier alpha value is -2.41. The number of carbonyl (C=O) groups excluding carboxylic acids is 3. The summed E-state index contributed by atoms with van der Waals surface area (Å²) in [6, 6.07) is 5.83. The summed E-state index contributed by atoms with van der Waals surface area (Å²) in [5.41, 5.74) is 2.78. The lowest BCUT2D eigenvalue weighted by Gasteiger charge is -2.29. The molecular formula is C21H32N3O4+. The van der Waals surface area contributed by atoms with E-state index >= 15 is 0 Å². The van der Waals surface area contributed by atoms with Crippen LogP contribution in [0.15, 0.2) is 18.2 Å². The fourth-order valence-electron chi connectivity index (χ4n) is 3.62. The molecule has 2 N–H and O–H groups in total. The Morgan fingerprint density at radius 1 is 1.25 bits per heavy atom. The molecule has 1 aromatic carbocycles. The van der Waals surface area contributed by atoms with Crippen LogP contribution in [0.3, 0.4) is 0 Å². The Bertz CT molecular complexity index is 699. The zero-order chi connectivity index (χ0) is 20.7. The maximum Gasteiger partial charge on any atom is 0.314 e. The van der Waals surface area contributed by atoms with Gasteiger partial charge < -0.3 is 19.9 Å². The van der Waals surface area contributed by atoms with E-state index in [2.05, 4.69) is 5.32 Å². The van der Waals surface area contributed by atoms with Gasteiger partial charge in [-0.3, -0.25) is 14.4 Å². The molecule has 2 rings (SSSR count). The van der Waals surface area contributed by atoms with Gasteiger partial charge in [0.15, 0.2) is 6.54 Å². The number of aryl methyl sites for hydroxylation is 2. The minimum atomic E-state index is -0.216. The first-order chi connectivity index (χ1) is 13.3. The van der Waals surface area contributed by atoms with Crippen LogP contribution in [0.5, 0.6) is 0 Å². The van der Waals surface area contributed by atoms with Crippen molar-refractivity contribution < 1.29 is 24.0 Å². The summed E-state index contributed by atoms with van der Waals surface area (Å²) in [6.45, 7) is 7.80. The number of esters is 1. The highest BCUT2D eigenvalue weighted by molar-refractivity contribution is 5.95. The van der Waals surface area contributed by atoms with Crippen LogP contribution in [-0.2, 0) is 19.1 Å². The fourth-order valence-corrected chi connectivity index (χ4v) is 3.62. The maximum atomic E-state index is 12.5. The average Bonchev–Trinajstić information content (AvgIpc) is 2.65. The molecule has 1 aliphatic rings. The van der Waals surface area contributed by atoms with Crippen LogP contribution in [0, 0.1) is 19.8 Å². The van der Waals surface area contributed by atoms with Gasteiger partial charge in [-0.1, -0.05) is 18.2 Å². The van der Waals surface area contributed by atoms with Crippen molar-refractivity contribution in [3.05, 3.63) is 29.3 Å². The van der Waals surface area contributed by atoms with Crippen molar-refractivity contribution in [3.63, 3.8) is 0 Å². The number of piperidine rings is 1. The molecule has 1 aliphatic heterocycles. The normalized spacial score (nSPS) is 19.0. The summed E-state index contributed by atoms with van der Waals surface area (Å²) in [4.78, 5) is 39.4. The Morgan fingerprint density at radius 2 is 1.93 bits per heavy atom. The minimum absolute atomic E-state index is 0.00118. The molecule has 154 valence electrons. The van der Waals surface area contributed by atoms with E-state index in [1.54, 1.807) is 14.0 Å². The van der Waals surface area contributed by atoms with Crippen molar-refractivity contribution in [2.24, 2.45) is 5.92 Å². The Labute approximate surface area is 167 Å². The van der Waals surface area contributed by atoms with Crippen molar-refractivity contribution in [3.8, 4) is 0 Å². The maximum absolute atomic E-state index is 12.5. The molecule has 1 heterocycles. The molecule has 7 heteroatoms. The second kappa shape index (κ2) is 10.2. The van der Waals surface area contributed by atoms with E-state index in [4.69, 9.17) is 4.74 Å². The van der Waals surface area contributed by atoms with Crippen molar-refractivity contribution in [1.29, 1.82) is 0 Å². The molecule has 0 aromatic heterocycles. The SMILES string of the molecule is CCOC(=O)[C@H]1CCC[NH+](CC(=O)N(C)CC(=O)Nc2c(C)cccc2C)C1. The van der Waals surface area contributed by atoms with Gasteiger partial charge in [-0.15, -0.1) is 0 Å². The third kappa shape index (κ3) is 6.05. The van der Waals surface area contributed by atoms with Gasteiger partial charge in [0.1, 0.15) is 5.92 Å². The molecular weight excluding hydrogens is 358 g/mol. The summed E-state index contributed by atoms with van der Waals surface area (Å²) >= 11 is 0. The number of likely N-dealkylation sites (tertiary alicyclic amines) is 1. The number of likely N-dealkylation sites (N-methyl/N-ethyl adjacent to an activating group) is 1. The van der Waals surface area contributed by atoms with Gasteiger partial charge in [-0.05, 0) is 44.7 Å². The van der Waals surface area contributed by atoms with Gasteiger partial charge in [0.05, 0.1) is 26.2 Å².